The van der Waals surface area contributed by atoms with Crippen LogP contribution >= 0.6 is 0 Å². The van der Waals surface area contributed by atoms with E-state index in [1.807, 2.05) is 82.5 Å². The number of amidine groups is 2. The van der Waals surface area contributed by atoms with Crippen LogP contribution in [0.25, 0.3) is 22.0 Å². The molecular formula is C68H82N4. The molecule has 0 unspecified atom stereocenters. The van der Waals surface area contributed by atoms with E-state index in [2.05, 4.69) is 205 Å². The van der Waals surface area contributed by atoms with Gasteiger partial charge in [0.25, 0.3) is 0 Å². The molecule has 0 amide bonds. The molecule has 0 radical (unpaired) electrons. The fourth-order valence-electron chi connectivity index (χ4n) is 7.01. The summed E-state index contributed by atoms with van der Waals surface area (Å²) in [4.78, 5) is 19.2. The number of fused-ring (bicyclic) bond motifs is 1. The lowest BCUT2D eigenvalue weighted by atomic mass is 9.80. The molecule has 4 aromatic rings. The highest BCUT2D eigenvalue weighted by Crippen LogP contribution is 2.33. The van der Waals surface area contributed by atoms with Crippen molar-refractivity contribution in [2.45, 2.75) is 86.6 Å². The third-order valence-corrected chi connectivity index (χ3v) is 10.7. The highest BCUT2D eigenvalue weighted by Gasteiger charge is 2.19. The van der Waals surface area contributed by atoms with Crippen molar-refractivity contribution >= 4 is 29.3 Å². The Morgan fingerprint density at radius 2 is 1.40 bits per heavy atom. The van der Waals surface area contributed by atoms with Crippen LogP contribution < -0.4 is 0 Å². The molecule has 3 aromatic carbocycles. The number of allylic oxidation sites excluding steroid dienone is 18. The van der Waals surface area contributed by atoms with E-state index >= 15 is 0 Å². The first-order valence-electron chi connectivity index (χ1n) is 24.8. The molecule has 0 aliphatic heterocycles. The maximum atomic E-state index is 5.13. The number of aromatic nitrogens is 1. The predicted octanol–water partition coefficient (Wildman–Crippen LogP) is 19.4. The maximum absolute atomic E-state index is 5.13. The van der Waals surface area contributed by atoms with Gasteiger partial charge in [0.15, 0.2) is 11.7 Å². The van der Waals surface area contributed by atoms with Crippen LogP contribution in [0.1, 0.15) is 84.8 Å². The Morgan fingerprint density at radius 3 is 2.03 bits per heavy atom. The molecule has 0 bridgehead atoms. The number of nitrogens with zero attached hydrogens (tertiary/aromatic N) is 4. The Balaban J connectivity index is 0.00000352. The first-order chi connectivity index (χ1) is 35.1. The second-order valence-electron chi connectivity index (χ2n) is 16.3. The van der Waals surface area contributed by atoms with Crippen molar-refractivity contribution in [3.05, 3.63) is 286 Å². The zero-order valence-corrected chi connectivity index (χ0v) is 44.6. The van der Waals surface area contributed by atoms with E-state index in [0.29, 0.717) is 36.6 Å². The molecule has 72 heavy (non-hydrogen) atoms. The summed E-state index contributed by atoms with van der Waals surface area (Å²) < 4.78 is 0. The van der Waals surface area contributed by atoms with Crippen molar-refractivity contribution in [2.75, 3.05) is 0 Å². The molecule has 0 fully saturated rings. The minimum atomic E-state index is -0.0910. The molecule has 1 atom stereocenters. The molecule has 1 aromatic heterocycles. The molecule has 0 spiro atoms. The van der Waals surface area contributed by atoms with Crippen LogP contribution in [-0.2, 0) is 13.0 Å². The molecule has 374 valence electrons. The van der Waals surface area contributed by atoms with Gasteiger partial charge in [-0.25, -0.2) is 9.98 Å². The highest BCUT2D eigenvalue weighted by molar-refractivity contribution is 6.14. The van der Waals surface area contributed by atoms with E-state index in [1.54, 1.807) is 18.2 Å². The summed E-state index contributed by atoms with van der Waals surface area (Å²) in [6.07, 6.45) is 41.4. The van der Waals surface area contributed by atoms with Crippen LogP contribution in [0.4, 0.5) is 0 Å². The zero-order chi connectivity index (χ0) is 53.4. The van der Waals surface area contributed by atoms with Gasteiger partial charge in [0.2, 0.25) is 0 Å². The summed E-state index contributed by atoms with van der Waals surface area (Å²) >= 11 is 0. The molecule has 0 saturated heterocycles. The third-order valence-electron chi connectivity index (χ3n) is 10.7. The lowest BCUT2D eigenvalue weighted by molar-refractivity contribution is 0.434. The lowest BCUT2D eigenvalue weighted by Gasteiger charge is -2.25. The second-order valence-corrected chi connectivity index (χ2v) is 16.3. The molecule has 0 saturated carbocycles. The number of rotatable bonds is 24. The Bertz CT molecular complexity index is 2640. The zero-order valence-electron chi connectivity index (χ0n) is 44.6. The summed E-state index contributed by atoms with van der Waals surface area (Å²) in [5.41, 5.74) is 10.2. The Hall–Kier alpha value is -7.82. The minimum Gasteiger partial charge on any atom is -0.261 e. The quantitative estimate of drug-likeness (QED) is 0.0299. The Labute approximate surface area is 436 Å². The van der Waals surface area contributed by atoms with Crippen molar-refractivity contribution in [3.63, 3.8) is 0 Å². The van der Waals surface area contributed by atoms with E-state index < -0.39 is 0 Å². The summed E-state index contributed by atoms with van der Waals surface area (Å²) in [6, 6.07) is 29.2. The molecule has 4 nitrogen and oxygen atoms in total. The maximum Gasteiger partial charge on any atom is 0.160 e. The fraction of sp³-hybridized carbons (Fsp3) is 0.206. The van der Waals surface area contributed by atoms with Crippen molar-refractivity contribution in [3.8, 4) is 11.1 Å². The highest BCUT2D eigenvalue weighted by atomic mass is 15.0. The monoisotopic (exact) mass is 955 g/mol. The molecule has 4 heteroatoms. The molecule has 4 rings (SSSR count). The summed E-state index contributed by atoms with van der Waals surface area (Å²) in [7, 11) is 0. The van der Waals surface area contributed by atoms with Crippen LogP contribution in [0.2, 0.25) is 0 Å². The van der Waals surface area contributed by atoms with Gasteiger partial charge in [0, 0.05) is 28.3 Å². The summed E-state index contributed by atoms with van der Waals surface area (Å²) in [5.74, 6) is 0.892. The van der Waals surface area contributed by atoms with Gasteiger partial charge in [-0.2, -0.15) is 0 Å². The molecule has 0 aliphatic carbocycles. The second kappa shape index (κ2) is 38.0. The van der Waals surface area contributed by atoms with E-state index in [1.165, 1.54) is 11.1 Å². The topological polar surface area (TPSA) is 50.0 Å². The average molecular weight is 955 g/mol. The fourth-order valence-corrected chi connectivity index (χ4v) is 7.01. The average Bonchev–Trinajstić information content (AvgIpc) is 3.42. The van der Waals surface area contributed by atoms with Crippen LogP contribution in [0, 0.1) is 5.41 Å². The summed E-state index contributed by atoms with van der Waals surface area (Å²) in [6.45, 7) is 46.4. The lowest BCUT2D eigenvalue weighted by Crippen LogP contribution is -2.12. The molecule has 0 N–H and O–H groups in total. The van der Waals surface area contributed by atoms with Gasteiger partial charge in [0.1, 0.15) is 0 Å². The number of hydrogen-bond acceptors (Lipinski definition) is 2. The van der Waals surface area contributed by atoms with Gasteiger partial charge in [-0.1, -0.05) is 229 Å². The molecular weight excluding hydrogens is 873 g/mol. The van der Waals surface area contributed by atoms with E-state index in [-0.39, 0.29) is 5.41 Å². The van der Waals surface area contributed by atoms with Crippen molar-refractivity contribution in [1.29, 1.82) is 0 Å². The van der Waals surface area contributed by atoms with Crippen LogP contribution in [0.5, 0.6) is 0 Å². The Kier molecular flexibility index (Phi) is 32.8. The predicted molar refractivity (Wildman–Crippen MR) is 325 cm³/mol. The standard InChI is InChI=1S/C61H66N4.C3H6.C2H6.C2H4/c1-10-16-20-27-52(46-61(8,15-6)43-13-4)36-35-50(26-18-12-3)34-33-49(14-5)45-56(60(64-47-53-28-21-19-22-29-53)65-59(62-9)48(7)25-17-11-2)42-39-51-37-40-54(41-38-51)57-32-23-30-55-31-24-44-63-58(55)57;1-3-2;2*1-2/h10-11,13-32,34,36-38,40-42,44-45H,2,4-7,9,12,33,35,39,43,46-47H2,1,3,8H3;3H,1H2,2H3;1-2H3;1-2H2/b16-10-,25-17-,26-18-,27-20-,49-45+,50-34+,52-36-,56-42+,64-60?,65-59?;;;/t61-;;;/m1.../s1. The van der Waals surface area contributed by atoms with Crippen LogP contribution in [0.3, 0.4) is 0 Å². The van der Waals surface area contributed by atoms with Gasteiger partial charge < -0.3 is 0 Å². The van der Waals surface area contributed by atoms with Crippen LogP contribution in [0.15, 0.2) is 290 Å². The number of para-hydroxylation sites is 1. The van der Waals surface area contributed by atoms with Gasteiger partial charge in [0.05, 0.1) is 12.1 Å². The van der Waals surface area contributed by atoms with Crippen LogP contribution in [-0.4, -0.2) is 23.4 Å². The molecule has 1 heterocycles. The van der Waals surface area contributed by atoms with E-state index in [9.17, 15) is 0 Å². The van der Waals surface area contributed by atoms with E-state index in [0.717, 1.165) is 70.0 Å². The van der Waals surface area contributed by atoms with Gasteiger partial charge >= 0.3 is 0 Å². The van der Waals surface area contributed by atoms with E-state index in [4.69, 9.17) is 9.98 Å². The van der Waals surface area contributed by atoms with Crippen molar-refractivity contribution < 1.29 is 0 Å². The van der Waals surface area contributed by atoms with Crippen molar-refractivity contribution in [2.24, 2.45) is 20.4 Å². The van der Waals surface area contributed by atoms with Crippen molar-refractivity contribution in [1.82, 2.24) is 4.98 Å². The Morgan fingerprint density at radius 1 is 0.722 bits per heavy atom. The normalized spacial score (nSPS) is 13.3. The SMILES string of the molecule is C=C.C=C/C=C\C(=C)C(N=C)=NC(=NCc1ccccc1)C(/C=C(\C=C)C/C=C(\C=C/CC)C/C=C(/C=C\C=C/C)C[C@](C)(C=C)CC=C)=C/Cc1ccc(-c2cccc3cccnc23)cc1.C=CC.CC. The van der Waals surface area contributed by atoms with Gasteiger partial charge in [-0.3, -0.25) is 9.98 Å². The minimum absolute atomic E-state index is 0.0910. The number of benzene rings is 3. The largest absolute Gasteiger partial charge is 0.261 e. The number of aliphatic imine (C=N–C) groups is 3. The number of pyridine rings is 1. The van der Waals surface area contributed by atoms with Gasteiger partial charge in [-0.05, 0) is 104 Å². The number of hydrogen-bond donors (Lipinski definition) is 0. The third kappa shape index (κ3) is 23.2. The van der Waals surface area contributed by atoms with Gasteiger partial charge in [-0.15, -0.1) is 32.9 Å². The smallest absolute Gasteiger partial charge is 0.160 e. The molecule has 0 aliphatic rings. The first kappa shape index (κ1) is 62.2. The summed E-state index contributed by atoms with van der Waals surface area (Å²) in [5, 5.41) is 1.11. The first-order valence-corrected chi connectivity index (χ1v) is 24.8.